The predicted octanol–water partition coefficient (Wildman–Crippen LogP) is 3.29. The number of anilines is 1. The van der Waals surface area contributed by atoms with E-state index in [2.05, 4.69) is 4.90 Å². The van der Waals surface area contributed by atoms with Crippen LogP contribution < -0.4 is 4.90 Å². The Morgan fingerprint density at radius 3 is 2.60 bits per heavy atom. The summed E-state index contributed by atoms with van der Waals surface area (Å²) in [4.78, 5) is 16.5. The van der Waals surface area contributed by atoms with Gasteiger partial charge in [-0.3, -0.25) is 9.69 Å². The number of ether oxygens (including phenoxy) is 1. The van der Waals surface area contributed by atoms with Crippen LogP contribution in [-0.2, 0) is 16.1 Å². The molecule has 2 saturated heterocycles. The zero-order valence-electron chi connectivity index (χ0n) is 14.0. The molecule has 0 radical (unpaired) electrons. The Labute approximate surface area is 150 Å². The molecule has 0 saturated carbocycles. The molecule has 1 amide bonds. The fourth-order valence-corrected chi connectivity index (χ4v) is 4.27. The number of amides is 1. The molecule has 2 fully saturated rings. The highest BCUT2D eigenvalue weighted by molar-refractivity contribution is 7.08. The number of halogens is 1. The molecule has 0 aliphatic carbocycles. The van der Waals surface area contributed by atoms with E-state index in [1.807, 2.05) is 33.9 Å². The molecule has 1 aromatic carbocycles. The summed E-state index contributed by atoms with van der Waals surface area (Å²) in [5.74, 6) is -0.159. The van der Waals surface area contributed by atoms with Gasteiger partial charge in [-0.2, -0.15) is 11.3 Å². The van der Waals surface area contributed by atoms with Crippen molar-refractivity contribution in [2.45, 2.75) is 25.0 Å². The minimum Gasteiger partial charge on any atom is -0.363 e. The molecular weight excluding hydrogens is 339 g/mol. The van der Waals surface area contributed by atoms with Gasteiger partial charge >= 0.3 is 0 Å². The van der Waals surface area contributed by atoms with E-state index >= 15 is 0 Å². The van der Waals surface area contributed by atoms with Crippen LogP contribution in [0.4, 0.5) is 10.1 Å². The van der Waals surface area contributed by atoms with Gasteiger partial charge in [-0.1, -0.05) is 12.1 Å². The topological polar surface area (TPSA) is 32.8 Å². The van der Waals surface area contributed by atoms with E-state index < -0.39 is 0 Å². The molecule has 2 aliphatic heterocycles. The largest absolute Gasteiger partial charge is 0.363 e. The fraction of sp³-hybridized carbons (Fsp3) is 0.421. The number of carbonyl (C=O) groups is 1. The van der Waals surface area contributed by atoms with E-state index in [0.29, 0.717) is 6.54 Å². The van der Waals surface area contributed by atoms with Crippen LogP contribution in [0.2, 0.25) is 0 Å². The van der Waals surface area contributed by atoms with Gasteiger partial charge in [0.2, 0.25) is 0 Å². The first-order valence-corrected chi connectivity index (χ1v) is 9.51. The van der Waals surface area contributed by atoms with Crippen molar-refractivity contribution in [2.24, 2.45) is 0 Å². The van der Waals surface area contributed by atoms with Crippen molar-refractivity contribution in [1.82, 2.24) is 4.90 Å². The maximum absolute atomic E-state index is 13.0. The Morgan fingerprint density at radius 2 is 1.92 bits per heavy atom. The summed E-state index contributed by atoms with van der Waals surface area (Å²) in [6.45, 7) is 3.45. The number of hydrogen-bond donors (Lipinski definition) is 0. The van der Waals surface area contributed by atoms with Gasteiger partial charge in [0.05, 0.1) is 17.8 Å². The molecule has 25 heavy (non-hydrogen) atoms. The number of hydrogen-bond acceptors (Lipinski definition) is 4. The van der Waals surface area contributed by atoms with Gasteiger partial charge in [0.15, 0.2) is 0 Å². The number of carbonyl (C=O) groups excluding carboxylic acids is 1. The third-order valence-electron chi connectivity index (χ3n) is 5.15. The van der Waals surface area contributed by atoms with Gasteiger partial charge in [-0.05, 0) is 42.0 Å². The lowest BCUT2D eigenvalue weighted by Crippen LogP contribution is -2.58. The maximum atomic E-state index is 13.0. The normalized spacial score (nSPS) is 21.0. The summed E-state index contributed by atoms with van der Waals surface area (Å²) in [7, 11) is 0. The van der Waals surface area contributed by atoms with Crippen LogP contribution in [0.1, 0.15) is 18.4 Å². The lowest BCUT2D eigenvalue weighted by atomic mass is 9.89. The number of rotatable bonds is 3. The molecule has 1 spiro atoms. The molecule has 4 rings (SSSR count). The first-order chi connectivity index (χ1) is 12.1. The number of thiophene rings is 1. The monoisotopic (exact) mass is 360 g/mol. The number of likely N-dealkylation sites (tertiary alicyclic amines) is 1. The van der Waals surface area contributed by atoms with Crippen molar-refractivity contribution in [3.05, 3.63) is 52.5 Å². The Kier molecular flexibility index (Phi) is 4.58. The zero-order valence-corrected chi connectivity index (χ0v) is 14.8. The maximum Gasteiger partial charge on any atom is 0.253 e. The van der Waals surface area contributed by atoms with E-state index in [9.17, 15) is 9.18 Å². The molecule has 6 heteroatoms. The summed E-state index contributed by atoms with van der Waals surface area (Å²) in [6.07, 6.45) is 1.81. The SMILES string of the molecule is O=C1COC2(CCN(Cc3ccc(F)cc3)CC2)CN1c1ccsc1. The quantitative estimate of drug-likeness (QED) is 0.842. The highest BCUT2D eigenvalue weighted by Crippen LogP contribution is 2.33. The van der Waals surface area contributed by atoms with Crippen LogP contribution in [0, 0.1) is 5.82 Å². The third kappa shape index (κ3) is 3.61. The summed E-state index contributed by atoms with van der Waals surface area (Å²) in [5.41, 5.74) is 1.86. The average molecular weight is 360 g/mol. The number of piperidine rings is 1. The first-order valence-electron chi connectivity index (χ1n) is 8.57. The minimum absolute atomic E-state index is 0.0396. The molecule has 4 nitrogen and oxygen atoms in total. The molecule has 2 aromatic rings. The van der Waals surface area contributed by atoms with Gasteiger partial charge in [-0.25, -0.2) is 4.39 Å². The van der Waals surface area contributed by atoms with Crippen LogP contribution in [0.5, 0.6) is 0 Å². The zero-order chi connectivity index (χ0) is 17.3. The minimum atomic E-state index is -0.241. The molecule has 2 aliphatic rings. The third-order valence-corrected chi connectivity index (χ3v) is 5.82. The molecule has 0 unspecified atom stereocenters. The van der Waals surface area contributed by atoms with Gasteiger partial charge in [0.25, 0.3) is 5.91 Å². The average Bonchev–Trinajstić information content (AvgIpc) is 3.16. The first kappa shape index (κ1) is 16.7. The van der Waals surface area contributed by atoms with Crippen molar-refractivity contribution in [3.63, 3.8) is 0 Å². The lowest BCUT2D eigenvalue weighted by Gasteiger charge is -2.46. The van der Waals surface area contributed by atoms with Gasteiger partial charge in [0, 0.05) is 25.0 Å². The standard InChI is InChI=1S/C19H21FN2O2S/c20-16-3-1-15(2-4-16)11-21-8-6-19(7-9-21)14-22(18(23)12-24-19)17-5-10-25-13-17/h1-5,10,13H,6-9,11-12,14H2. The Hall–Kier alpha value is -1.76. The van der Waals surface area contributed by atoms with E-state index in [1.54, 1.807) is 11.3 Å². The molecule has 0 N–H and O–H groups in total. The van der Waals surface area contributed by atoms with Gasteiger partial charge in [-0.15, -0.1) is 0 Å². The van der Waals surface area contributed by atoms with Gasteiger partial charge < -0.3 is 9.64 Å². The second-order valence-electron chi connectivity index (χ2n) is 6.84. The molecule has 3 heterocycles. The molecule has 0 bridgehead atoms. The smallest absolute Gasteiger partial charge is 0.253 e. The van der Waals surface area contributed by atoms with Crippen molar-refractivity contribution in [3.8, 4) is 0 Å². The second kappa shape index (κ2) is 6.86. The fourth-order valence-electron chi connectivity index (χ4n) is 3.63. The number of benzene rings is 1. The lowest BCUT2D eigenvalue weighted by molar-refractivity contribution is -0.144. The van der Waals surface area contributed by atoms with Crippen molar-refractivity contribution in [1.29, 1.82) is 0 Å². The van der Waals surface area contributed by atoms with E-state index in [0.717, 1.165) is 43.7 Å². The second-order valence-corrected chi connectivity index (χ2v) is 7.62. The Morgan fingerprint density at radius 1 is 1.16 bits per heavy atom. The van der Waals surface area contributed by atoms with Crippen molar-refractivity contribution < 1.29 is 13.9 Å². The van der Waals surface area contributed by atoms with Crippen molar-refractivity contribution in [2.75, 3.05) is 31.1 Å². The summed E-state index contributed by atoms with van der Waals surface area (Å²) in [6, 6.07) is 8.69. The van der Waals surface area contributed by atoms with Gasteiger partial charge in [0.1, 0.15) is 12.4 Å². The summed E-state index contributed by atoms with van der Waals surface area (Å²) in [5, 5.41) is 4.01. The van der Waals surface area contributed by atoms with E-state index in [1.165, 1.54) is 12.1 Å². The van der Waals surface area contributed by atoms with Crippen LogP contribution >= 0.6 is 11.3 Å². The molecule has 0 atom stereocenters. The van der Waals surface area contributed by atoms with Crippen LogP contribution in [-0.4, -0.2) is 42.6 Å². The van der Waals surface area contributed by atoms with Crippen molar-refractivity contribution >= 4 is 22.9 Å². The number of nitrogens with zero attached hydrogens (tertiary/aromatic N) is 2. The Bertz CT molecular complexity index is 724. The molecule has 1 aromatic heterocycles. The molecule has 132 valence electrons. The molecular formula is C19H21FN2O2S. The highest BCUT2D eigenvalue weighted by Gasteiger charge is 2.42. The van der Waals surface area contributed by atoms with E-state index in [4.69, 9.17) is 4.74 Å². The van der Waals surface area contributed by atoms with Crippen LogP contribution in [0.25, 0.3) is 0 Å². The van der Waals surface area contributed by atoms with Crippen LogP contribution in [0.3, 0.4) is 0 Å². The Balaban J connectivity index is 1.38. The van der Waals surface area contributed by atoms with Crippen LogP contribution in [0.15, 0.2) is 41.1 Å². The van der Waals surface area contributed by atoms with E-state index in [-0.39, 0.29) is 23.9 Å². The summed E-state index contributed by atoms with van der Waals surface area (Å²) < 4.78 is 19.0. The number of morpholine rings is 1. The predicted molar refractivity (Wildman–Crippen MR) is 96.3 cm³/mol. The highest BCUT2D eigenvalue weighted by atomic mass is 32.1. The summed E-state index contributed by atoms with van der Waals surface area (Å²) >= 11 is 1.60.